The summed E-state index contributed by atoms with van der Waals surface area (Å²) in [5, 5.41) is 0. The van der Waals surface area contributed by atoms with Crippen molar-refractivity contribution in [3.8, 4) is 0 Å². The largest absolute Gasteiger partial charge is 0.469 e. The molecule has 162 valence electrons. The minimum Gasteiger partial charge on any atom is -0.469 e. The highest BCUT2D eigenvalue weighted by Gasteiger charge is 2.27. The lowest BCUT2D eigenvalue weighted by molar-refractivity contribution is -0.143. The van der Waals surface area contributed by atoms with E-state index < -0.39 is 0 Å². The summed E-state index contributed by atoms with van der Waals surface area (Å²) in [7, 11) is 1.52. The highest BCUT2D eigenvalue weighted by atomic mass is 16.5. The van der Waals surface area contributed by atoms with Crippen molar-refractivity contribution < 1.29 is 9.53 Å². The molecule has 2 nitrogen and oxygen atoms in total. The molecule has 0 aliphatic rings. The zero-order chi connectivity index (χ0) is 20.2. The van der Waals surface area contributed by atoms with Gasteiger partial charge in [0.2, 0.25) is 0 Å². The fourth-order valence-corrected chi connectivity index (χ4v) is 4.09. The number of hydrogen-bond acceptors (Lipinski definition) is 2. The average Bonchev–Trinajstić information content (AvgIpc) is 2.66. The molecule has 0 rings (SSSR count). The molecule has 0 saturated heterocycles. The van der Waals surface area contributed by atoms with Crippen LogP contribution in [0, 0.1) is 5.41 Å². The van der Waals surface area contributed by atoms with Crippen LogP contribution in [0.3, 0.4) is 0 Å². The first kappa shape index (κ1) is 26.5. The Morgan fingerprint density at radius 1 is 0.630 bits per heavy atom. The first-order valence-electron chi connectivity index (χ1n) is 12.1. The third-order valence-corrected chi connectivity index (χ3v) is 6.07. The predicted octanol–water partition coefficient (Wildman–Crippen LogP) is 8.62. The minimum absolute atomic E-state index is 0.0309. The van der Waals surface area contributed by atoms with Gasteiger partial charge < -0.3 is 4.74 Å². The molecule has 0 amide bonds. The molecule has 0 heterocycles. The number of hydrogen-bond donors (Lipinski definition) is 0. The molecule has 0 fully saturated rings. The monoisotopic (exact) mass is 382 g/mol. The Labute approximate surface area is 171 Å². The number of esters is 1. The van der Waals surface area contributed by atoms with Gasteiger partial charge in [-0.25, -0.2) is 0 Å². The Bertz CT molecular complexity index is 304. The summed E-state index contributed by atoms with van der Waals surface area (Å²) >= 11 is 0. The van der Waals surface area contributed by atoms with Crippen LogP contribution in [0.1, 0.15) is 143 Å². The van der Waals surface area contributed by atoms with Crippen LogP contribution in [0.25, 0.3) is 0 Å². The van der Waals surface area contributed by atoms with Gasteiger partial charge in [0.05, 0.1) is 13.5 Å². The standard InChI is InChI=1S/C25H50O2/c1-5-7-9-11-13-15-17-19-21-25(3,23-24(26)27-4)22-20-18-16-14-12-10-8-6-2/h5-23H2,1-4H3. The van der Waals surface area contributed by atoms with Gasteiger partial charge in [0, 0.05) is 0 Å². The van der Waals surface area contributed by atoms with Crippen LogP contribution in [0.4, 0.5) is 0 Å². The third-order valence-electron chi connectivity index (χ3n) is 6.07. The lowest BCUT2D eigenvalue weighted by Crippen LogP contribution is -2.22. The molecule has 0 aliphatic heterocycles. The topological polar surface area (TPSA) is 26.3 Å². The lowest BCUT2D eigenvalue weighted by Gasteiger charge is -2.28. The van der Waals surface area contributed by atoms with E-state index in [9.17, 15) is 4.79 Å². The zero-order valence-electron chi connectivity index (χ0n) is 19.3. The Kier molecular flexibility index (Phi) is 18.4. The van der Waals surface area contributed by atoms with Crippen LogP contribution in [0.2, 0.25) is 0 Å². The van der Waals surface area contributed by atoms with Crippen molar-refractivity contribution in [1.82, 2.24) is 0 Å². The Morgan fingerprint density at radius 2 is 0.963 bits per heavy atom. The smallest absolute Gasteiger partial charge is 0.306 e. The molecule has 0 aromatic rings. The third kappa shape index (κ3) is 17.3. The molecule has 0 saturated carbocycles. The molecule has 0 aromatic carbocycles. The summed E-state index contributed by atoms with van der Waals surface area (Å²) in [5.74, 6) is -0.0309. The zero-order valence-corrected chi connectivity index (χ0v) is 19.3. The maximum atomic E-state index is 11.9. The van der Waals surface area contributed by atoms with Gasteiger partial charge in [0.15, 0.2) is 0 Å². The molecule has 0 unspecified atom stereocenters. The van der Waals surface area contributed by atoms with E-state index in [4.69, 9.17) is 4.74 Å². The van der Waals surface area contributed by atoms with Crippen molar-refractivity contribution in [1.29, 1.82) is 0 Å². The number of rotatable bonds is 20. The second kappa shape index (κ2) is 18.8. The second-order valence-corrected chi connectivity index (χ2v) is 9.01. The highest BCUT2D eigenvalue weighted by molar-refractivity contribution is 5.70. The van der Waals surface area contributed by atoms with Gasteiger partial charge in [-0.2, -0.15) is 0 Å². The van der Waals surface area contributed by atoms with E-state index in [2.05, 4.69) is 20.8 Å². The maximum Gasteiger partial charge on any atom is 0.306 e. The van der Waals surface area contributed by atoms with Crippen LogP contribution in [0.15, 0.2) is 0 Å². The van der Waals surface area contributed by atoms with Gasteiger partial charge in [0.25, 0.3) is 0 Å². The molecule has 0 aliphatic carbocycles. The van der Waals surface area contributed by atoms with Crippen LogP contribution in [0.5, 0.6) is 0 Å². The molecule has 0 aromatic heterocycles. The van der Waals surface area contributed by atoms with Gasteiger partial charge in [-0.05, 0) is 18.3 Å². The second-order valence-electron chi connectivity index (χ2n) is 9.01. The van der Waals surface area contributed by atoms with Crippen LogP contribution >= 0.6 is 0 Å². The summed E-state index contributed by atoms with van der Waals surface area (Å²) in [4.78, 5) is 11.9. The Morgan fingerprint density at radius 3 is 1.30 bits per heavy atom. The van der Waals surface area contributed by atoms with Gasteiger partial charge in [-0.1, -0.05) is 124 Å². The van der Waals surface area contributed by atoms with E-state index in [0.29, 0.717) is 6.42 Å². The molecular weight excluding hydrogens is 332 g/mol. The number of unbranched alkanes of at least 4 members (excludes halogenated alkanes) is 14. The molecule has 0 spiro atoms. The summed E-state index contributed by atoms with van der Waals surface area (Å²) in [6.07, 6.45) is 24.6. The van der Waals surface area contributed by atoms with Gasteiger partial charge in [-0.15, -0.1) is 0 Å². The average molecular weight is 383 g/mol. The minimum atomic E-state index is -0.0309. The van der Waals surface area contributed by atoms with Gasteiger partial charge >= 0.3 is 5.97 Å². The van der Waals surface area contributed by atoms with Crippen LogP contribution < -0.4 is 0 Å². The Balaban J connectivity index is 3.96. The number of carbonyl (C=O) groups is 1. The van der Waals surface area contributed by atoms with Crippen molar-refractivity contribution in [3.63, 3.8) is 0 Å². The van der Waals surface area contributed by atoms with E-state index in [1.54, 1.807) is 0 Å². The SMILES string of the molecule is CCCCCCCCCCC(C)(CCCCCCCCCC)CC(=O)OC. The number of methoxy groups -OCH3 is 1. The van der Waals surface area contributed by atoms with Crippen molar-refractivity contribution in [2.24, 2.45) is 5.41 Å². The molecule has 27 heavy (non-hydrogen) atoms. The first-order valence-corrected chi connectivity index (χ1v) is 12.1. The van der Waals surface area contributed by atoms with Crippen LogP contribution in [-0.4, -0.2) is 13.1 Å². The van der Waals surface area contributed by atoms with Crippen molar-refractivity contribution in [3.05, 3.63) is 0 Å². The summed E-state index contributed by atoms with van der Waals surface area (Å²) in [6.45, 7) is 6.86. The fourth-order valence-electron chi connectivity index (χ4n) is 4.09. The van der Waals surface area contributed by atoms with Gasteiger partial charge in [0.1, 0.15) is 0 Å². The number of ether oxygens (including phenoxy) is 1. The fraction of sp³-hybridized carbons (Fsp3) is 0.960. The van der Waals surface area contributed by atoms with Gasteiger partial charge in [-0.3, -0.25) is 4.79 Å². The summed E-state index contributed by atoms with van der Waals surface area (Å²) < 4.78 is 4.97. The van der Waals surface area contributed by atoms with Crippen molar-refractivity contribution >= 4 is 5.97 Å². The molecule has 0 N–H and O–H groups in total. The van der Waals surface area contributed by atoms with Crippen LogP contribution in [-0.2, 0) is 9.53 Å². The van der Waals surface area contributed by atoms with E-state index in [1.807, 2.05) is 0 Å². The summed E-state index contributed by atoms with van der Waals surface area (Å²) in [5.41, 5.74) is 0.136. The number of carbonyl (C=O) groups excluding carboxylic acids is 1. The highest BCUT2D eigenvalue weighted by Crippen LogP contribution is 2.35. The normalized spacial score (nSPS) is 11.7. The molecular formula is C25H50O2. The van der Waals surface area contributed by atoms with Crippen molar-refractivity contribution in [2.75, 3.05) is 7.11 Å². The Hall–Kier alpha value is -0.530. The van der Waals surface area contributed by atoms with E-state index in [1.165, 1.54) is 123 Å². The lowest BCUT2D eigenvalue weighted by atomic mass is 9.77. The molecule has 0 radical (unpaired) electrons. The maximum absolute atomic E-state index is 11.9. The molecule has 0 bridgehead atoms. The first-order chi connectivity index (χ1) is 13.1. The van der Waals surface area contributed by atoms with E-state index in [-0.39, 0.29) is 11.4 Å². The summed E-state index contributed by atoms with van der Waals surface area (Å²) in [6, 6.07) is 0. The molecule has 2 heteroatoms. The van der Waals surface area contributed by atoms with E-state index >= 15 is 0 Å². The quantitative estimate of drug-likeness (QED) is 0.155. The van der Waals surface area contributed by atoms with E-state index in [0.717, 1.165) is 0 Å². The van der Waals surface area contributed by atoms with Crippen molar-refractivity contribution in [2.45, 2.75) is 143 Å². The molecule has 0 atom stereocenters. The predicted molar refractivity (Wildman–Crippen MR) is 119 cm³/mol.